The number of nitrogens with one attached hydrogen (secondary N) is 1. The molecule has 0 aromatic carbocycles. The molecule has 0 bridgehead atoms. The molecule has 2 aliphatic rings. The van der Waals surface area contributed by atoms with Crippen LogP contribution in [0.3, 0.4) is 0 Å². The van der Waals surface area contributed by atoms with Crippen molar-refractivity contribution in [1.82, 2.24) is 10.2 Å². The molecule has 2 rings (SSSR count). The van der Waals surface area contributed by atoms with E-state index in [-0.39, 0.29) is 0 Å². The summed E-state index contributed by atoms with van der Waals surface area (Å²) in [6.07, 6.45) is 9.82. The predicted octanol–water partition coefficient (Wildman–Crippen LogP) is 2.64. The Balaban J connectivity index is 1.80. The average molecular weight is 224 g/mol. The van der Waals surface area contributed by atoms with Gasteiger partial charge in [0.05, 0.1) is 0 Å². The summed E-state index contributed by atoms with van der Waals surface area (Å²) in [6, 6.07) is 2.40. The summed E-state index contributed by atoms with van der Waals surface area (Å²) in [5, 5.41) is 3.93. The fraction of sp³-hybridized carbons (Fsp3) is 1.00. The molecule has 4 unspecified atom stereocenters. The van der Waals surface area contributed by atoms with E-state index in [2.05, 4.69) is 31.2 Å². The Hall–Kier alpha value is -0.0800. The molecule has 2 saturated carbocycles. The van der Waals surface area contributed by atoms with E-state index in [1.54, 1.807) is 0 Å². The van der Waals surface area contributed by atoms with Gasteiger partial charge in [-0.05, 0) is 52.1 Å². The van der Waals surface area contributed by atoms with Crippen LogP contribution >= 0.6 is 0 Å². The zero-order chi connectivity index (χ0) is 11.5. The Bertz CT molecular complexity index is 215. The fourth-order valence-electron chi connectivity index (χ4n) is 3.48. The second-order valence-corrected chi connectivity index (χ2v) is 6.16. The highest BCUT2D eigenvalue weighted by atomic mass is 15.1. The van der Waals surface area contributed by atoms with E-state index in [0.717, 1.165) is 24.0 Å². The summed E-state index contributed by atoms with van der Waals surface area (Å²) in [7, 11) is 4.45. The third-order valence-electron chi connectivity index (χ3n) is 4.69. The maximum atomic E-state index is 3.93. The van der Waals surface area contributed by atoms with Crippen LogP contribution in [0.25, 0.3) is 0 Å². The largest absolute Gasteiger partial charge is 0.311 e. The molecule has 2 heteroatoms. The monoisotopic (exact) mass is 224 g/mol. The van der Waals surface area contributed by atoms with Crippen molar-refractivity contribution in [1.29, 1.82) is 0 Å². The van der Waals surface area contributed by atoms with Crippen LogP contribution in [0.1, 0.15) is 51.9 Å². The average Bonchev–Trinajstić information content (AvgIpc) is 2.65. The third-order valence-corrected chi connectivity index (χ3v) is 4.69. The summed E-state index contributed by atoms with van der Waals surface area (Å²) >= 11 is 0. The first-order chi connectivity index (χ1) is 7.66. The Morgan fingerprint density at radius 2 is 1.75 bits per heavy atom. The van der Waals surface area contributed by atoms with Crippen LogP contribution in [-0.2, 0) is 0 Å². The maximum Gasteiger partial charge on any atom is 0.0104 e. The molecule has 0 heterocycles. The molecule has 16 heavy (non-hydrogen) atoms. The summed E-state index contributed by atoms with van der Waals surface area (Å²) in [6.45, 7) is 2.41. The Morgan fingerprint density at radius 3 is 2.38 bits per heavy atom. The van der Waals surface area contributed by atoms with Gasteiger partial charge in [-0.15, -0.1) is 0 Å². The van der Waals surface area contributed by atoms with Gasteiger partial charge in [0, 0.05) is 18.1 Å². The lowest BCUT2D eigenvalue weighted by Gasteiger charge is -2.36. The first-order valence-electron chi connectivity index (χ1n) is 7.09. The van der Waals surface area contributed by atoms with E-state index >= 15 is 0 Å². The van der Waals surface area contributed by atoms with Gasteiger partial charge >= 0.3 is 0 Å². The molecule has 0 saturated heterocycles. The molecule has 94 valence electrons. The van der Waals surface area contributed by atoms with E-state index in [0.29, 0.717) is 0 Å². The number of rotatable bonds is 3. The van der Waals surface area contributed by atoms with E-state index in [4.69, 9.17) is 0 Å². The van der Waals surface area contributed by atoms with Crippen molar-refractivity contribution in [2.24, 2.45) is 5.92 Å². The van der Waals surface area contributed by atoms with Crippen LogP contribution in [-0.4, -0.2) is 37.1 Å². The van der Waals surface area contributed by atoms with Crippen LogP contribution in [0, 0.1) is 5.92 Å². The third kappa shape index (κ3) is 2.98. The number of hydrogen-bond donors (Lipinski definition) is 1. The quantitative estimate of drug-likeness (QED) is 0.793. The van der Waals surface area contributed by atoms with Crippen LogP contribution in [0.2, 0.25) is 0 Å². The van der Waals surface area contributed by atoms with Crippen molar-refractivity contribution in [2.45, 2.75) is 70.0 Å². The van der Waals surface area contributed by atoms with Crippen molar-refractivity contribution in [3.05, 3.63) is 0 Å². The molecule has 2 nitrogen and oxygen atoms in total. The SMILES string of the molecule is CC1CCCC1NC1CCCC(N(C)C)C1. The van der Waals surface area contributed by atoms with Crippen LogP contribution in [0.5, 0.6) is 0 Å². The predicted molar refractivity (Wildman–Crippen MR) is 69.7 cm³/mol. The lowest BCUT2D eigenvalue weighted by molar-refractivity contribution is 0.187. The molecule has 2 fully saturated rings. The van der Waals surface area contributed by atoms with Gasteiger partial charge in [0.2, 0.25) is 0 Å². The minimum Gasteiger partial charge on any atom is -0.311 e. The Labute approximate surface area is 101 Å². The highest BCUT2D eigenvalue weighted by Gasteiger charge is 2.29. The molecule has 2 aliphatic carbocycles. The first kappa shape index (κ1) is 12.4. The van der Waals surface area contributed by atoms with Crippen molar-refractivity contribution in [3.63, 3.8) is 0 Å². The van der Waals surface area contributed by atoms with Gasteiger partial charge in [0.25, 0.3) is 0 Å². The first-order valence-corrected chi connectivity index (χ1v) is 7.09. The number of nitrogens with zero attached hydrogens (tertiary/aromatic N) is 1. The second kappa shape index (κ2) is 5.50. The van der Waals surface area contributed by atoms with Crippen molar-refractivity contribution in [3.8, 4) is 0 Å². The fourth-order valence-corrected chi connectivity index (χ4v) is 3.48. The summed E-state index contributed by atoms with van der Waals surface area (Å²) < 4.78 is 0. The van der Waals surface area contributed by atoms with Gasteiger partial charge in [0.1, 0.15) is 0 Å². The molecular weight excluding hydrogens is 196 g/mol. The van der Waals surface area contributed by atoms with Gasteiger partial charge in [-0.3, -0.25) is 0 Å². The molecular formula is C14H28N2. The Kier molecular flexibility index (Phi) is 4.26. The smallest absolute Gasteiger partial charge is 0.0104 e. The Morgan fingerprint density at radius 1 is 1.00 bits per heavy atom. The summed E-state index contributed by atoms with van der Waals surface area (Å²) in [4.78, 5) is 2.41. The van der Waals surface area contributed by atoms with E-state index in [9.17, 15) is 0 Å². The van der Waals surface area contributed by atoms with Gasteiger partial charge < -0.3 is 10.2 Å². The van der Waals surface area contributed by atoms with Gasteiger partial charge in [-0.25, -0.2) is 0 Å². The van der Waals surface area contributed by atoms with E-state index in [1.165, 1.54) is 44.9 Å². The zero-order valence-corrected chi connectivity index (χ0v) is 11.2. The zero-order valence-electron chi connectivity index (χ0n) is 11.2. The minimum atomic E-state index is 0.784. The summed E-state index contributed by atoms with van der Waals surface area (Å²) in [5.41, 5.74) is 0. The lowest BCUT2D eigenvalue weighted by Crippen LogP contribution is -2.46. The van der Waals surface area contributed by atoms with Gasteiger partial charge in [-0.1, -0.05) is 19.8 Å². The highest BCUT2D eigenvalue weighted by Crippen LogP contribution is 2.28. The van der Waals surface area contributed by atoms with E-state index in [1.807, 2.05) is 0 Å². The molecule has 4 atom stereocenters. The van der Waals surface area contributed by atoms with E-state index < -0.39 is 0 Å². The molecule has 1 N–H and O–H groups in total. The van der Waals surface area contributed by atoms with Crippen molar-refractivity contribution >= 4 is 0 Å². The normalized spacial score (nSPS) is 40.5. The van der Waals surface area contributed by atoms with Gasteiger partial charge in [-0.2, -0.15) is 0 Å². The molecule has 0 aromatic rings. The molecule has 0 radical (unpaired) electrons. The highest BCUT2D eigenvalue weighted by molar-refractivity contribution is 4.88. The molecule has 0 spiro atoms. The molecule has 0 amide bonds. The van der Waals surface area contributed by atoms with Crippen molar-refractivity contribution < 1.29 is 0 Å². The molecule has 0 aromatic heterocycles. The summed E-state index contributed by atoms with van der Waals surface area (Å²) in [5.74, 6) is 0.903. The van der Waals surface area contributed by atoms with Gasteiger partial charge in [0.15, 0.2) is 0 Å². The van der Waals surface area contributed by atoms with Crippen LogP contribution in [0.4, 0.5) is 0 Å². The lowest BCUT2D eigenvalue weighted by atomic mass is 9.89. The topological polar surface area (TPSA) is 15.3 Å². The van der Waals surface area contributed by atoms with Crippen molar-refractivity contribution in [2.75, 3.05) is 14.1 Å². The standard InChI is InChI=1S/C14H28N2/c1-11-6-4-9-14(11)15-12-7-5-8-13(10-12)16(2)3/h11-15H,4-10H2,1-3H3. The minimum absolute atomic E-state index is 0.784. The number of hydrogen-bond acceptors (Lipinski definition) is 2. The second-order valence-electron chi connectivity index (χ2n) is 6.16. The van der Waals surface area contributed by atoms with Crippen LogP contribution < -0.4 is 5.32 Å². The molecule has 0 aliphatic heterocycles. The van der Waals surface area contributed by atoms with Crippen LogP contribution in [0.15, 0.2) is 0 Å². The maximum absolute atomic E-state index is 3.93.